The van der Waals surface area contributed by atoms with E-state index in [2.05, 4.69) is 15.3 Å². The van der Waals surface area contributed by atoms with Crippen LogP contribution in [-0.2, 0) is 26.1 Å². The first-order valence-electron chi connectivity index (χ1n) is 10.6. The van der Waals surface area contributed by atoms with E-state index in [1.54, 1.807) is 60.7 Å². The second-order valence-electron chi connectivity index (χ2n) is 7.54. The fourth-order valence-corrected chi connectivity index (χ4v) is 4.15. The minimum atomic E-state index is -3.61. The molecule has 0 fully saturated rings. The monoisotopic (exact) mass is 529 g/mol. The van der Waals surface area contributed by atoms with Crippen molar-refractivity contribution in [3.05, 3.63) is 94.5 Å². The number of hydrogen-bond donors (Lipinski definition) is 1. The number of amides is 1. The van der Waals surface area contributed by atoms with Gasteiger partial charge in [-0.1, -0.05) is 41.9 Å². The number of hydrazone groups is 1. The molecule has 36 heavy (non-hydrogen) atoms. The number of ether oxygens (including phenoxy) is 2. The molecule has 0 saturated carbocycles. The van der Waals surface area contributed by atoms with Gasteiger partial charge in [0.25, 0.3) is 5.91 Å². The van der Waals surface area contributed by atoms with Gasteiger partial charge in [0.1, 0.15) is 5.75 Å². The highest BCUT2D eigenvalue weighted by atomic mass is 35.5. The Labute approximate surface area is 214 Å². The lowest BCUT2D eigenvalue weighted by atomic mass is 10.2. The first-order valence-corrected chi connectivity index (χ1v) is 12.8. The Balaban J connectivity index is 1.65. The van der Waals surface area contributed by atoms with E-state index in [-0.39, 0.29) is 18.7 Å². The number of carbonyl (C=O) groups excluding carboxylic acids is 2. The molecule has 0 aliphatic rings. The highest BCUT2D eigenvalue weighted by Crippen LogP contribution is 2.24. The summed E-state index contributed by atoms with van der Waals surface area (Å²) in [4.78, 5) is 23.7. The highest BCUT2D eigenvalue weighted by molar-refractivity contribution is 7.92. The number of nitrogens with zero attached hydrogens (tertiary/aromatic N) is 2. The van der Waals surface area contributed by atoms with E-state index >= 15 is 0 Å². The van der Waals surface area contributed by atoms with E-state index in [4.69, 9.17) is 16.3 Å². The lowest BCUT2D eigenvalue weighted by Gasteiger charge is -2.23. The minimum Gasteiger partial charge on any atom is -0.482 e. The number of esters is 1. The molecule has 0 spiro atoms. The van der Waals surface area contributed by atoms with Gasteiger partial charge in [-0.25, -0.2) is 18.6 Å². The fourth-order valence-electron chi connectivity index (χ4n) is 3.08. The summed E-state index contributed by atoms with van der Waals surface area (Å²) in [5.41, 5.74) is 4.39. The van der Waals surface area contributed by atoms with Crippen molar-refractivity contribution in [3.8, 4) is 5.75 Å². The first-order chi connectivity index (χ1) is 17.2. The molecule has 0 aliphatic carbocycles. The largest absolute Gasteiger partial charge is 0.482 e. The maximum Gasteiger partial charge on any atom is 0.343 e. The summed E-state index contributed by atoms with van der Waals surface area (Å²) in [7, 11) is -2.34. The van der Waals surface area contributed by atoms with Gasteiger partial charge in [0.15, 0.2) is 6.61 Å². The van der Waals surface area contributed by atoms with Gasteiger partial charge in [0.2, 0.25) is 10.0 Å². The molecule has 0 heterocycles. The zero-order chi connectivity index (χ0) is 26.1. The van der Waals surface area contributed by atoms with E-state index in [0.717, 1.165) is 6.26 Å². The van der Waals surface area contributed by atoms with E-state index < -0.39 is 21.9 Å². The summed E-state index contributed by atoms with van der Waals surface area (Å²) in [6, 6.07) is 19.9. The molecule has 0 radical (unpaired) electrons. The van der Waals surface area contributed by atoms with E-state index in [1.807, 2.05) is 0 Å². The van der Waals surface area contributed by atoms with Crippen LogP contribution in [0.15, 0.2) is 77.9 Å². The molecule has 0 aromatic heterocycles. The number of methoxy groups -OCH3 is 1. The van der Waals surface area contributed by atoms with Crippen molar-refractivity contribution in [1.29, 1.82) is 0 Å². The zero-order valence-corrected chi connectivity index (χ0v) is 21.1. The summed E-state index contributed by atoms with van der Waals surface area (Å²) >= 11 is 6.19. The van der Waals surface area contributed by atoms with Crippen LogP contribution < -0.4 is 14.5 Å². The third-order valence-electron chi connectivity index (χ3n) is 4.91. The smallest absolute Gasteiger partial charge is 0.343 e. The summed E-state index contributed by atoms with van der Waals surface area (Å²) in [6.45, 7) is -0.171. The van der Waals surface area contributed by atoms with Gasteiger partial charge < -0.3 is 9.47 Å². The number of carbonyl (C=O) groups is 2. The molecule has 3 aromatic rings. The van der Waals surface area contributed by atoms with Gasteiger partial charge in [-0.15, -0.1) is 0 Å². The normalized spacial score (nSPS) is 11.2. The van der Waals surface area contributed by atoms with Gasteiger partial charge in [-0.05, 0) is 53.6 Å². The summed E-state index contributed by atoms with van der Waals surface area (Å²) < 4.78 is 35.9. The second-order valence-corrected chi connectivity index (χ2v) is 9.86. The molecule has 11 heteroatoms. The number of nitrogens with one attached hydrogen (secondary N) is 1. The van der Waals surface area contributed by atoms with Gasteiger partial charge in [-0.2, -0.15) is 5.10 Å². The molecule has 1 N–H and O–H groups in total. The third-order valence-corrected chi connectivity index (χ3v) is 6.42. The van der Waals surface area contributed by atoms with Gasteiger partial charge in [0, 0.05) is 10.6 Å². The molecule has 0 aliphatic heterocycles. The van der Waals surface area contributed by atoms with Crippen molar-refractivity contribution in [1.82, 2.24) is 5.43 Å². The standard InChI is InChI=1S/C25H24ClN3O6S/c1-34-24(30)17-35-22-8-5-6-18(14-22)15-27-28-25(31)19-10-12-21(13-11-19)29(36(2,32)33)16-20-7-3-4-9-23(20)26/h3-15H,16-17H2,1-2H3,(H,28,31)/b27-15+. The van der Waals surface area contributed by atoms with E-state index in [0.29, 0.717) is 27.6 Å². The molecule has 0 atom stereocenters. The molecular formula is C25H24ClN3O6S. The molecule has 1 amide bonds. The zero-order valence-electron chi connectivity index (χ0n) is 19.5. The van der Waals surface area contributed by atoms with Crippen molar-refractivity contribution >= 4 is 45.4 Å². The predicted molar refractivity (Wildman–Crippen MR) is 138 cm³/mol. The van der Waals surface area contributed by atoms with Crippen LogP contribution in [0.1, 0.15) is 21.5 Å². The topological polar surface area (TPSA) is 114 Å². The van der Waals surface area contributed by atoms with Crippen LogP contribution in [0.2, 0.25) is 5.02 Å². The second kappa shape index (κ2) is 12.2. The average Bonchev–Trinajstić information content (AvgIpc) is 2.86. The Morgan fingerprint density at radius 3 is 2.44 bits per heavy atom. The average molecular weight is 530 g/mol. The van der Waals surface area contributed by atoms with Crippen LogP contribution in [0.4, 0.5) is 5.69 Å². The van der Waals surface area contributed by atoms with Crippen LogP contribution in [0, 0.1) is 0 Å². The summed E-state index contributed by atoms with van der Waals surface area (Å²) in [5.74, 6) is -0.540. The van der Waals surface area contributed by atoms with Gasteiger partial charge in [0.05, 0.1) is 31.8 Å². The SMILES string of the molecule is COC(=O)COc1cccc(/C=N/NC(=O)c2ccc(N(Cc3ccccc3Cl)S(C)(=O)=O)cc2)c1. The molecular weight excluding hydrogens is 506 g/mol. The molecule has 9 nitrogen and oxygen atoms in total. The Morgan fingerprint density at radius 1 is 1.06 bits per heavy atom. The molecule has 0 bridgehead atoms. The van der Waals surface area contributed by atoms with Crippen LogP contribution in [0.3, 0.4) is 0 Å². The fraction of sp³-hybridized carbons (Fsp3) is 0.160. The number of anilines is 1. The quantitative estimate of drug-likeness (QED) is 0.244. The van der Waals surface area contributed by atoms with Crippen LogP contribution in [0.5, 0.6) is 5.75 Å². The Bertz CT molecular complexity index is 1360. The molecule has 3 rings (SSSR count). The molecule has 0 saturated heterocycles. The van der Waals surface area contributed by atoms with Gasteiger partial charge in [-0.3, -0.25) is 9.10 Å². The van der Waals surface area contributed by atoms with Crippen molar-refractivity contribution in [3.63, 3.8) is 0 Å². The number of rotatable bonds is 10. The summed E-state index contributed by atoms with van der Waals surface area (Å²) in [5, 5.41) is 4.40. The number of hydrogen-bond acceptors (Lipinski definition) is 7. The lowest BCUT2D eigenvalue weighted by molar-refractivity contribution is -0.142. The highest BCUT2D eigenvalue weighted by Gasteiger charge is 2.19. The third kappa shape index (κ3) is 7.56. The number of sulfonamides is 1. The van der Waals surface area contributed by atoms with E-state index in [9.17, 15) is 18.0 Å². The molecule has 188 valence electrons. The van der Waals surface area contributed by atoms with E-state index in [1.165, 1.54) is 29.8 Å². The van der Waals surface area contributed by atoms with Crippen LogP contribution >= 0.6 is 11.6 Å². The molecule has 3 aromatic carbocycles. The Hall–Kier alpha value is -3.89. The van der Waals surface area contributed by atoms with Gasteiger partial charge >= 0.3 is 5.97 Å². The Morgan fingerprint density at radius 2 is 1.78 bits per heavy atom. The number of benzene rings is 3. The van der Waals surface area contributed by atoms with Crippen LogP contribution in [-0.4, -0.2) is 46.5 Å². The van der Waals surface area contributed by atoms with Crippen molar-refractivity contribution < 1.29 is 27.5 Å². The van der Waals surface area contributed by atoms with Crippen molar-refractivity contribution in [2.45, 2.75) is 6.54 Å². The minimum absolute atomic E-state index is 0.0523. The predicted octanol–water partition coefficient (Wildman–Crippen LogP) is 3.62. The molecule has 0 unspecified atom stereocenters. The van der Waals surface area contributed by atoms with Crippen molar-refractivity contribution in [2.24, 2.45) is 5.10 Å². The maximum absolute atomic E-state index is 12.5. The summed E-state index contributed by atoms with van der Waals surface area (Å²) in [6.07, 6.45) is 2.53. The maximum atomic E-state index is 12.5. The first kappa shape index (κ1) is 26.7. The number of halogens is 1. The Kier molecular flexibility index (Phi) is 9.04. The van der Waals surface area contributed by atoms with Crippen LogP contribution in [0.25, 0.3) is 0 Å². The van der Waals surface area contributed by atoms with Crippen molar-refractivity contribution in [2.75, 3.05) is 24.3 Å². The lowest BCUT2D eigenvalue weighted by Crippen LogP contribution is -2.29.